The molecular formula is C39H46N2O4. The van der Waals surface area contributed by atoms with Gasteiger partial charge in [-0.25, -0.2) is 4.79 Å². The summed E-state index contributed by atoms with van der Waals surface area (Å²) in [6.07, 6.45) is 0. The lowest BCUT2D eigenvalue weighted by atomic mass is 9.85. The number of benzene rings is 3. The van der Waals surface area contributed by atoms with Gasteiger partial charge in [-0.05, 0) is 39.9 Å². The molecule has 0 amide bonds. The second-order valence-corrected chi connectivity index (χ2v) is 14.7. The summed E-state index contributed by atoms with van der Waals surface area (Å²) in [5, 5.41) is 4.60. The Kier molecular flexibility index (Phi) is 9.39. The number of hydrogen-bond acceptors (Lipinski definition) is 5. The molecule has 0 atom stereocenters. The molecule has 0 saturated heterocycles. The van der Waals surface area contributed by atoms with Crippen molar-refractivity contribution in [2.24, 2.45) is 0 Å². The Balaban J connectivity index is 1.90. The molecule has 0 fully saturated rings. The largest absolute Gasteiger partial charge is 0.461 e. The minimum atomic E-state index is -0.708. The van der Waals surface area contributed by atoms with Gasteiger partial charge in [0.1, 0.15) is 6.54 Å². The van der Waals surface area contributed by atoms with E-state index in [-0.39, 0.29) is 52.2 Å². The van der Waals surface area contributed by atoms with E-state index in [0.717, 1.165) is 16.7 Å². The van der Waals surface area contributed by atoms with Gasteiger partial charge in [-0.2, -0.15) is 5.10 Å². The van der Waals surface area contributed by atoms with Crippen LogP contribution >= 0.6 is 0 Å². The first kappa shape index (κ1) is 33.6. The highest BCUT2D eigenvalue weighted by Gasteiger charge is 2.32. The number of ether oxygens (including phenoxy) is 1. The molecule has 4 rings (SSSR count). The van der Waals surface area contributed by atoms with Crippen LogP contribution in [-0.4, -0.2) is 33.9 Å². The highest BCUT2D eigenvalue weighted by Crippen LogP contribution is 2.33. The summed E-state index contributed by atoms with van der Waals surface area (Å²) in [5.41, 5.74) is 5.14. The molecule has 6 heteroatoms. The van der Waals surface area contributed by atoms with Crippen LogP contribution < -0.4 is 0 Å². The van der Waals surface area contributed by atoms with Crippen LogP contribution in [0, 0.1) is 0 Å². The zero-order valence-electron chi connectivity index (χ0n) is 28.4. The van der Waals surface area contributed by atoms with E-state index in [4.69, 9.17) is 4.74 Å². The Bertz CT molecular complexity index is 1690. The smallest absolute Gasteiger partial charge is 0.359 e. The predicted octanol–water partition coefficient (Wildman–Crippen LogP) is 8.73. The van der Waals surface area contributed by atoms with Crippen LogP contribution in [0.1, 0.15) is 123 Å². The van der Waals surface area contributed by atoms with Gasteiger partial charge in [0, 0.05) is 16.7 Å². The highest BCUT2D eigenvalue weighted by atomic mass is 16.5. The van der Waals surface area contributed by atoms with E-state index in [1.165, 1.54) is 4.68 Å². The lowest BCUT2D eigenvalue weighted by Crippen LogP contribution is -2.15. The average Bonchev–Trinajstić information content (AvgIpc) is 3.34. The second-order valence-electron chi connectivity index (χ2n) is 14.7. The van der Waals surface area contributed by atoms with Crippen molar-refractivity contribution in [3.8, 4) is 11.3 Å². The van der Waals surface area contributed by atoms with Crippen LogP contribution in [0.4, 0.5) is 0 Å². The molecule has 45 heavy (non-hydrogen) atoms. The maximum atomic E-state index is 14.3. The molecule has 0 unspecified atom stereocenters. The van der Waals surface area contributed by atoms with Crippen molar-refractivity contribution >= 4 is 17.5 Å². The van der Waals surface area contributed by atoms with Crippen molar-refractivity contribution < 1.29 is 19.1 Å². The Morgan fingerprint density at radius 1 is 0.644 bits per heavy atom. The zero-order chi connectivity index (χ0) is 33.3. The summed E-state index contributed by atoms with van der Waals surface area (Å²) < 4.78 is 6.85. The maximum absolute atomic E-state index is 14.3. The van der Waals surface area contributed by atoms with E-state index in [1.54, 1.807) is 19.1 Å². The van der Waals surface area contributed by atoms with E-state index in [0.29, 0.717) is 22.4 Å². The first-order valence-electron chi connectivity index (χ1n) is 15.6. The Hall–Kier alpha value is -4.32. The fraction of sp³-hybridized carbons (Fsp3) is 0.385. The van der Waals surface area contributed by atoms with Gasteiger partial charge in [-0.3, -0.25) is 14.3 Å². The number of aromatic nitrogens is 2. The standard InChI is InChI=1S/C39H46N2O4/c1-11-45-36(44)33-32(35(43)27-16-22-30(23-17-27)39(8,9)10)34(26-14-20-29(21-15-26)38(5,6)7)41(40-33)24-31(42)25-12-18-28(19-13-25)37(2,3)4/h12-23H,11,24H2,1-10H3. The van der Waals surface area contributed by atoms with Crippen molar-refractivity contribution in [3.05, 3.63) is 112 Å². The normalized spacial score (nSPS) is 12.2. The van der Waals surface area contributed by atoms with Gasteiger partial charge in [0.05, 0.1) is 17.9 Å². The van der Waals surface area contributed by atoms with E-state index in [2.05, 4.69) is 67.4 Å². The third-order valence-corrected chi connectivity index (χ3v) is 8.05. The molecule has 236 valence electrons. The van der Waals surface area contributed by atoms with Crippen LogP contribution in [0.25, 0.3) is 11.3 Å². The third-order valence-electron chi connectivity index (χ3n) is 8.05. The van der Waals surface area contributed by atoms with Crippen molar-refractivity contribution in [1.82, 2.24) is 9.78 Å². The topological polar surface area (TPSA) is 78.3 Å². The third kappa shape index (κ3) is 7.50. The van der Waals surface area contributed by atoms with Crippen molar-refractivity contribution in [1.29, 1.82) is 0 Å². The van der Waals surface area contributed by atoms with Crippen LogP contribution in [-0.2, 0) is 27.5 Å². The number of nitrogens with zero attached hydrogens (tertiary/aromatic N) is 2. The molecular weight excluding hydrogens is 560 g/mol. The quantitative estimate of drug-likeness (QED) is 0.148. The Morgan fingerprint density at radius 3 is 1.49 bits per heavy atom. The molecule has 3 aromatic carbocycles. The monoisotopic (exact) mass is 606 g/mol. The fourth-order valence-electron chi connectivity index (χ4n) is 5.20. The summed E-state index contributed by atoms with van der Waals surface area (Å²) in [6, 6.07) is 22.9. The predicted molar refractivity (Wildman–Crippen MR) is 180 cm³/mol. The Labute approximate surface area is 267 Å². The number of rotatable bonds is 8. The minimum Gasteiger partial charge on any atom is -0.461 e. The number of ketones is 2. The molecule has 0 spiro atoms. The van der Waals surface area contributed by atoms with Gasteiger partial charge in [0.15, 0.2) is 17.3 Å². The molecule has 0 aliphatic rings. The van der Waals surface area contributed by atoms with E-state index in [9.17, 15) is 14.4 Å². The lowest BCUT2D eigenvalue weighted by molar-refractivity contribution is 0.0515. The van der Waals surface area contributed by atoms with Crippen molar-refractivity contribution in [2.75, 3.05) is 6.61 Å². The van der Waals surface area contributed by atoms with E-state index in [1.807, 2.05) is 60.7 Å². The van der Waals surface area contributed by atoms with Crippen LogP contribution in [0.3, 0.4) is 0 Å². The average molecular weight is 607 g/mol. The molecule has 1 heterocycles. The first-order valence-corrected chi connectivity index (χ1v) is 15.6. The van der Waals surface area contributed by atoms with E-state index < -0.39 is 5.97 Å². The first-order chi connectivity index (χ1) is 20.9. The lowest BCUT2D eigenvalue weighted by Gasteiger charge is -2.20. The van der Waals surface area contributed by atoms with Gasteiger partial charge in [-0.15, -0.1) is 0 Å². The molecule has 0 bridgehead atoms. The molecule has 6 nitrogen and oxygen atoms in total. The number of esters is 1. The summed E-state index contributed by atoms with van der Waals surface area (Å²) in [5.74, 6) is -1.25. The van der Waals surface area contributed by atoms with Gasteiger partial charge in [-0.1, -0.05) is 135 Å². The van der Waals surface area contributed by atoms with Crippen molar-refractivity contribution in [3.63, 3.8) is 0 Å². The Morgan fingerprint density at radius 2 is 1.07 bits per heavy atom. The van der Waals surface area contributed by atoms with Crippen LogP contribution in [0.5, 0.6) is 0 Å². The zero-order valence-corrected chi connectivity index (χ0v) is 28.4. The van der Waals surface area contributed by atoms with Gasteiger partial charge in [0.2, 0.25) is 0 Å². The van der Waals surface area contributed by atoms with Crippen LogP contribution in [0.2, 0.25) is 0 Å². The molecule has 0 aliphatic heterocycles. The molecule has 0 N–H and O–H groups in total. The maximum Gasteiger partial charge on any atom is 0.359 e. The molecule has 0 saturated carbocycles. The minimum absolute atomic E-state index is 0.0508. The van der Waals surface area contributed by atoms with Crippen molar-refractivity contribution in [2.45, 2.75) is 92.0 Å². The summed E-state index contributed by atoms with van der Waals surface area (Å²) in [4.78, 5) is 41.3. The summed E-state index contributed by atoms with van der Waals surface area (Å²) >= 11 is 0. The number of carbonyl (C=O) groups is 3. The van der Waals surface area contributed by atoms with Gasteiger partial charge < -0.3 is 4.74 Å². The summed E-state index contributed by atoms with van der Waals surface area (Å²) in [7, 11) is 0. The molecule has 1 aromatic heterocycles. The number of hydrogen-bond donors (Lipinski definition) is 0. The second kappa shape index (κ2) is 12.6. The summed E-state index contributed by atoms with van der Waals surface area (Å²) in [6.45, 7) is 20.8. The van der Waals surface area contributed by atoms with Gasteiger partial charge >= 0.3 is 5.97 Å². The van der Waals surface area contributed by atoms with E-state index >= 15 is 0 Å². The fourth-order valence-corrected chi connectivity index (χ4v) is 5.20. The number of Topliss-reactive ketones (excluding diaryl/α,β-unsaturated/α-hetero) is 1. The highest BCUT2D eigenvalue weighted by molar-refractivity contribution is 6.17. The number of carbonyl (C=O) groups excluding carboxylic acids is 3. The molecule has 0 aliphatic carbocycles. The molecule has 0 radical (unpaired) electrons. The SMILES string of the molecule is CCOC(=O)c1nn(CC(=O)c2ccc(C(C)(C)C)cc2)c(-c2ccc(C(C)(C)C)cc2)c1C(=O)c1ccc(C(C)(C)C)cc1. The molecule has 4 aromatic rings. The van der Waals surface area contributed by atoms with Gasteiger partial charge in [0.25, 0.3) is 0 Å². The van der Waals surface area contributed by atoms with Crippen LogP contribution in [0.15, 0.2) is 72.8 Å².